The summed E-state index contributed by atoms with van der Waals surface area (Å²) in [6.45, 7) is 1.39. The highest BCUT2D eigenvalue weighted by atomic mass is 32.2. The van der Waals surface area contributed by atoms with E-state index in [0.29, 0.717) is 13.2 Å². The van der Waals surface area contributed by atoms with Crippen LogP contribution in [0.4, 0.5) is 0 Å². The SMILES string of the molecule is N#CC1(CC2(CO)COC2)CCCS1. The Bertz CT molecular complexity index is 246. The van der Waals surface area contributed by atoms with Crippen LogP contribution in [0.15, 0.2) is 0 Å². The third-order valence-corrected chi connectivity index (χ3v) is 4.60. The standard InChI is InChI=1S/C10H15NO2S/c11-5-10(2-1-3-14-10)4-9(6-12)7-13-8-9/h12H,1-4,6-8H2. The molecule has 0 aromatic carbocycles. The maximum Gasteiger partial charge on any atom is 0.103 e. The Morgan fingerprint density at radius 1 is 1.50 bits per heavy atom. The van der Waals surface area contributed by atoms with E-state index < -0.39 is 0 Å². The molecule has 3 nitrogen and oxygen atoms in total. The Labute approximate surface area is 88.4 Å². The van der Waals surface area contributed by atoms with E-state index in [0.717, 1.165) is 25.0 Å². The number of nitriles is 1. The summed E-state index contributed by atoms with van der Waals surface area (Å²) in [6.07, 6.45) is 2.88. The highest BCUT2D eigenvalue weighted by molar-refractivity contribution is 8.01. The van der Waals surface area contributed by atoms with Gasteiger partial charge in [0, 0.05) is 5.41 Å². The average Bonchev–Trinajstić information content (AvgIpc) is 2.61. The highest BCUT2D eigenvalue weighted by Crippen LogP contribution is 2.47. The predicted octanol–water partition coefficient (Wildman–Crippen LogP) is 1.17. The lowest BCUT2D eigenvalue weighted by Crippen LogP contribution is -2.49. The van der Waals surface area contributed by atoms with Crippen LogP contribution in [0.3, 0.4) is 0 Å². The number of hydrogen-bond donors (Lipinski definition) is 1. The summed E-state index contributed by atoms with van der Waals surface area (Å²) in [5.74, 6) is 1.08. The molecule has 2 rings (SSSR count). The molecule has 0 spiro atoms. The number of ether oxygens (including phenoxy) is 1. The summed E-state index contributed by atoms with van der Waals surface area (Å²) < 4.78 is 4.91. The van der Waals surface area contributed by atoms with Crippen LogP contribution in [0.25, 0.3) is 0 Å². The molecular formula is C10H15NO2S. The molecule has 0 aliphatic carbocycles. The molecule has 14 heavy (non-hydrogen) atoms. The zero-order valence-corrected chi connectivity index (χ0v) is 8.98. The van der Waals surface area contributed by atoms with Gasteiger partial charge < -0.3 is 9.84 Å². The second kappa shape index (κ2) is 3.73. The van der Waals surface area contributed by atoms with Crippen molar-refractivity contribution in [2.24, 2.45) is 5.41 Å². The van der Waals surface area contributed by atoms with Crippen LogP contribution in [0.2, 0.25) is 0 Å². The first-order valence-corrected chi connectivity index (χ1v) is 5.97. The Morgan fingerprint density at radius 2 is 2.29 bits per heavy atom. The molecule has 1 unspecified atom stereocenters. The first-order chi connectivity index (χ1) is 6.74. The highest BCUT2D eigenvalue weighted by Gasteiger charge is 2.47. The van der Waals surface area contributed by atoms with Gasteiger partial charge in [0.1, 0.15) is 4.75 Å². The number of aliphatic hydroxyl groups excluding tert-OH is 1. The van der Waals surface area contributed by atoms with E-state index in [-0.39, 0.29) is 16.8 Å². The molecule has 1 atom stereocenters. The molecule has 0 aromatic heterocycles. The first-order valence-electron chi connectivity index (χ1n) is 4.98. The van der Waals surface area contributed by atoms with Gasteiger partial charge in [-0.3, -0.25) is 0 Å². The van der Waals surface area contributed by atoms with Crippen LogP contribution in [-0.4, -0.2) is 35.4 Å². The first kappa shape index (κ1) is 10.3. The van der Waals surface area contributed by atoms with E-state index in [9.17, 15) is 10.4 Å². The lowest BCUT2D eigenvalue weighted by Gasteiger charge is -2.43. The van der Waals surface area contributed by atoms with Crippen molar-refractivity contribution in [2.45, 2.75) is 24.0 Å². The van der Waals surface area contributed by atoms with Crippen LogP contribution in [0.5, 0.6) is 0 Å². The molecule has 0 radical (unpaired) electrons. The molecule has 2 aliphatic heterocycles. The third kappa shape index (κ3) is 1.65. The number of aliphatic hydroxyl groups is 1. The monoisotopic (exact) mass is 213 g/mol. The largest absolute Gasteiger partial charge is 0.396 e. The van der Waals surface area contributed by atoms with Crippen molar-refractivity contribution < 1.29 is 9.84 Å². The predicted molar refractivity (Wildman–Crippen MR) is 55.0 cm³/mol. The summed E-state index contributed by atoms with van der Waals surface area (Å²) >= 11 is 1.75. The van der Waals surface area contributed by atoms with E-state index in [1.807, 2.05) is 0 Å². The normalized spacial score (nSPS) is 34.9. The lowest BCUT2D eigenvalue weighted by atomic mass is 9.77. The molecule has 2 saturated heterocycles. The third-order valence-electron chi connectivity index (χ3n) is 3.12. The Balaban J connectivity index is 2.04. The summed E-state index contributed by atoms with van der Waals surface area (Å²) in [6, 6.07) is 2.43. The number of hydrogen-bond acceptors (Lipinski definition) is 4. The molecule has 0 amide bonds. The summed E-state index contributed by atoms with van der Waals surface area (Å²) in [7, 11) is 0. The Kier molecular flexibility index (Phi) is 2.74. The van der Waals surface area contributed by atoms with Crippen LogP contribution >= 0.6 is 11.8 Å². The minimum atomic E-state index is -0.244. The summed E-state index contributed by atoms with van der Waals surface area (Å²) in [4.78, 5) is 0. The maximum atomic E-state index is 9.31. The van der Waals surface area contributed by atoms with Crippen molar-refractivity contribution in [1.29, 1.82) is 5.26 Å². The van der Waals surface area contributed by atoms with Crippen LogP contribution in [-0.2, 0) is 4.74 Å². The van der Waals surface area contributed by atoms with Crippen molar-refractivity contribution in [2.75, 3.05) is 25.6 Å². The van der Waals surface area contributed by atoms with E-state index in [4.69, 9.17) is 4.74 Å². The summed E-state index contributed by atoms with van der Waals surface area (Å²) in [5, 5.41) is 18.5. The van der Waals surface area contributed by atoms with Crippen LogP contribution in [0, 0.1) is 16.7 Å². The molecule has 4 heteroatoms. The van der Waals surface area contributed by atoms with E-state index in [1.165, 1.54) is 0 Å². The van der Waals surface area contributed by atoms with Crippen molar-refractivity contribution in [3.8, 4) is 6.07 Å². The second-order valence-corrected chi connectivity index (χ2v) is 5.86. The molecule has 1 N–H and O–H groups in total. The number of rotatable bonds is 3. The number of nitrogens with zero attached hydrogens (tertiary/aromatic N) is 1. The van der Waals surface area contributed by atoms with Crippen LogP contribution in [0.1, 0.15) is 19.3 Å². The van der Waals surface area contributed by atoms with Crippen molar-refractivity contribution in [1.82, 2.24) is 0 Å². The molecular weight excluding hydrogens is 198 g/mol. The van der Waals surface area contributed by atoms with Gasteiger partial charge >= 0.3 is 0 Å². The lowest BCUT2D eigenvalue weighted by molar-refractivity contribution is -0.142. The van der Waals surface area contributed by atoms with Crippen LogP contribution < -0.4 is 0 Å². The van der Waals surface area contributed by atoms with E-state index >= 15 is 0 Å². The number of thioether (sulfide) groups is 1. The molecule has 0 aromatic rings. The van der Waals surface area contributed by atoms with Crippen molar-refractivity contribution in [3.05, 3.63) is 0 Å². The van der Waals surface area contributed by atoms with E-state index in [2.05, 4.69) is 6.07 Å². The van der Waals surface area contributed by atoms with Gasteiger partial charge in [-0.25, -0.2) is 0 Å². The van der Waals surface area contributed by atoms with Gasteiger partial charge in [0.05, 0.1) is 25.9 Å². The van der Waals surface area contributed by atoms with Gasteiger partial charge in [-0.15, -0.1) is 11.8 Å². The minimum absolute atomic E-state index is 0.118. The minimum Gasteiger partial charge on any atom is -0.396 e. The zero-order chi connectivity index (χ0) is 10.1. The fraction of sp³-hybridized carbons (Fsp3) is 0.900. The smallest absolute Gasteiger partial charge is 0.103 e. The Hall–Kier alpha value is -0.240. The fourth-order valence-corrected chi connectivity index (χ4v) is 3.65. The van der Waals surface area contributed by atoms with Gasteiger partial charge in [0.15, 0.2) is 0 Å². The fourth-order valence-electron chi connectivity index (χ4n) is 2.21. The quantitative estimate of drug-likeness (QED) is 0.764. The topological polar surface area (TPSA) is 53.2 Å². The van der Waals surface area contributed by atoms with E-state index in [1.54, 1.807) is 11.8 Å². The molecule has 2 aliphatic rings. The van der Waals surface area contributed by atoms with Gasteiger partial charge in [-0.1, -0.05) is 0 Å². The van der Waals surface area contributed by atoms with Crippen molar-refractivity contribution >= 4 is 11.8 Å². The molecule has 0 bridgehead atoms. The molecule has 2 fully saturated rings. The van der Waals surface area contributed by atoms with Crippen molar-refractivity contribution in [3.63, 3.8) is 0 Å². The average molecular weight is 213 g/mol. The van der Waals surface area contributed by atoms with Gasteiger partial charge in [0.2, 0.25) is 0 Å². The molecule has 2 heterocycles. The zero-order valence-electron chi connectivity index (χ0n) is 8.16. The van der Waals surface area contributed by atoms with Gasteiger partial charge in [0.25, 0.3) is 0 Å². The Morgan fingerprint density at radius 3 is 2.64 bits per heavy atom. The maximum absolute atomic E-state index is 9.31. The molecule has 78 valence electrons. The van der Waals surface area contributed by atoms with Gasteiger partial charge in [-0.2, -0.15) is 5.26 Å². The molecule has 0 saturated carbocycles. The second-order valence-electron chi connectivity index (χ2n) is 4.39. The van der Waals surface area contributed by atoms with Gasteiger partial charge in [-0.05, 0) is 25.0 Å². The summed E-state index contributed by atoms with van der Waals surface area (Å²) in [5.41, 5.74) is -0.118.